The molecule has 2 heterocycles. The molecule has 1 aromatic heterocycles. The number of carbonyl (C=O) groups is 3. The van der Waals surface area contributed by atoms with Gasteiger partial charge in [-0.05, 0) is 36.4 Å². The first kappa shape index (κ1) is 20.7. The predicted octanol–water partition coefficient (Wildman–Crippen LogP) is 2.79. The summed E-state index contributed by atoms with van der Waals surface area (Å²) < 4.78 is 15.3. The van der Waals surface area contributed by atoms with E-state index in [2.05, 4.69) is 10.3 Å². The number of hydrogen-bond acceptors (Lipinski definition) is 8. The molecule has 1 atom stereocenters. The number of esters is 2. The van der Waals surface area contributed by atoms with Gasteiger partial charge in [-0.3, -0.25) is 4.79 Å². The van der Waals surface area contributed by atoms with Gasteiger partial charge in [-0.15, -0.1) is 0 Å². The molecule has 0 spiro atoms. The average Bonchev–Trinajstić information content (AvgIpc) is 3.25. The first-order chi connectivity index (χ1) is 14.0. The van der Waals surface area contributed by atoms with Gasteiger partial charge in [0.05, 0.1) is 31.0 Å². The summed E-state index contributed by atoms with van der Waals surface area (Å²) in [6.07, 6.45) is 2.50. The lowest BCUT2D eigenvalue weighted by atomic mass is 10.1. The minimum absolute atomic E-state index is 0.0773. The zero-order chi connectivity index (χ0) is 20.8. The van der Waals surface area contributed by atoms with Gasteiger partial charge in [0.1, 0.15) is 6.10 Å². The first-order valence-corrected chi connectivity index (χ1v) is 9.99. The molecule has 1 aliphatic heterocycles. The van der Waals surface area contributed by atoms with Crippen molar-refractivity contribution in [1.82, 2.24) is 4.98 Å². The van der Waals surface area contributed by atoms with Gasteiger partial charge in [-0.1, -0.05) is 0 Å². The summed E-state index contributed by atoms with van der Waals surface area (Å²) in [5.74, 6) is 0.575. The minimum Gasteiger partial charge on any atom is -0.473 e. The number of aromatic nitrogens is 1. The lowest BCUT2D eigenvalue weighted by molar-refractivity contribution is 0.0587. The number of benzene rings is 1. The molecule has 1 aliphatic rings. The molecule has 2 aromatic rings. The summed E-state index contributed by atoms with van der Waals surface area (Å²) in [5.41, 5.74) is 0.742. The lowest BCUT2D eigenvalue weighted by Gasteiger charge is -2.13. The number of pyridine rings is 1. The van der Waals surface area contributed by atoms with Crippen LogP contribution in [0.2, 0.25) is 0 Å². The van der Waals surface area contributed by atoms with Crippen LogP contribution in [0, 0.1) is 0 Å². The van der Waals surface area contributed by atoms with Gasteiger partial charge < -0.3 is 19.5 Å². The van der Waals surface area contributed by atoms with Gasteiger partial charge in [-0.2, -0.15) is 11.8 Å². The van der Waals surface area contributed by atoms with Crippen molar-refractivity contribution in [3.63, 3.8) is 0 Å². The van der Waals surface area contributed by atoms with Crippen molar-refractivity contribution in [2.24, 2.45) is 0 Å². The van der Waals surface area contributed by atoms with Gasteiger partial charge in [0.2, 0.25) is 5.88 Å². The maximum atomic E-state index is 12.8. The van der Waals surface area contributed by atoms with Crippen molar-refractivity contribution in [3.8, 4) is 5.88 Å². The Morgan fingerprint density at radius 3 is 2.55 bits per heavy atom. The molecule has 0 aliphatic carbocycles. The molecule has 0 bridgehead atoms. The molecule has 152 valence electrons. The molecular formula is C20H20N2O6S. The van der Waals surface area contributed by atoms with Gasteiger partial charge in [0, 0.05) is 23.6 Å². The summed E-state index contributed by atoms with van der Waals surface area (Å²) in [4.78, 5) is 40.7. The second-order valence-corrected chi connectivity index (χ2v) is 7.33. The van der Waals surface area contributed by atoms with Crippen molar-refractivity contribution >= 4 is 35.3 Å². The molecular weight excluding hydrogens is 396 g/mol. The Labute approximate surface area is 171 Å². The Morgan fingerprint density at radius 2 is 1.86 bits per heavy atom. The summed E-state index contributed by atoms with van der Waals surface area (Å²) in [6.45, 7) is 0. The van der Waals surface area contributed by atoms with Crippen LogP contribution in [-0.2, 0) is 9.47 Å². The highest BCUT2D eigenvalue weighted by atomic mass is 32.2. The fourth-order valence-electron chi connectivity index (χ4n) is 2.77. The van der Waals surface area contributed by atoms with Crippen molar-refractivity contribution in [2.75, 3.05) is 31.0 Å². The molecule has 0 radical (unpaired) electrons. The Kier molecular flexibility index (Phi) is 6.71. The van der Waals surface area contributed by atoms with E-state index in [-0.39, 0.29) is 22.9 Å². The van der Waals surface area contributed by atoms with Crippen molar-refractivity contribution in [1.29, 1.82) is 0 Å². The highest BCUT2D eigenvalue weighted by molar-refractivity contribution is 7.99. The Bertz CT molecular complexity index is 927. The van der Waals surface area contributed by atoms with Crippen molar-refractivity contribution < 1.29 is 28.6 Å². The van der Waals surface area contributed by atoms with E-state index in [1.54, 1.807) is 6.07 Å². The molecule has 1 fully saturated rings. The Balaban J connectivity index is 1.83. The van der Waals surface area contributed by atoms with E-state index in [4.69, 9.17) is 14.2 Å². The van der Waals surface area contributed by atoms with Crippen LogP contribution in [0.15, 0.2) is 36.5 Å². The second kappa shape index (κ2) is 9.42. The highest BCUT2D eigenvalue weighted by Crippen LogP contribution is 2.24. The third-order valence-corrected chi connectivity index (χ3v) is 5.40. The monoisotopic (exact) mass is 416 g/mol. The number of amides is 1. The molecule has 1 amide bonds. The summed E-state index contributed by atoms with van der Waals surface area (Å²) in [6, 6.07) is 7.26. The second-order valence-electron chi connectivity index (χ2n) is 6.18. The maximum Gasteiger partial charge on any atom is 0.339 e. The number of thioether (sulfide) groups is 1. The van der Waals surface area contributed by atoms with E-state index in [1.165, 1.54) is 44.7 Å². The van der Waals surface area contributed by atoms with E-state index in [0.29, 0.717) is 11.4 Å². The van der Waals surface area contributed by atoms with Gasteiger partial charge in [0.15, 0.2) is 0 Å². The quantitative estimate of drug-likeness (QED) is 0.717. The number of hydrogen-bond donors (Lipinski definition) is 1. The van der Waals surface area contributed by atoms with Crippen LogP contribution in [0.5, 0.6) is 5.88 Å². The lowest BCUT2D eigenvalue weighted by Crippen LogP contribution is -2.18. The number of carbonyl (C=O) groups excluding carboxylic acids is 3. The molecule has 29 heavy (non-hydrogen) atoms. The number of ether oxygens (including phenoxy) is 3. The van der Waals surface area contributed by atoms with Crippen LogP contribution in [-0.4, -0.2) is 54.7 Å². The fraction of sp³-hybridized carbons (Fsp3) is 0.300. The Morgan fingerprint density at radius 1 is 1.07 bits per heavy atom. The van der Waals surface area contributed by atoms with E-state index >= 15 is 0 Å². The molecule has 1 N–H and O–H groups in total. The smallest absolute Gasteiger partial charge is 0.339 e. The number of anilines is 1. The van der Waals surface area contributed by atoms with Gasteiger partial charge in [-0.25, -0.2) is 14.6 Å². The van der Waals surface area contributed by atoms with Crippen LogP contribution in [0.3, 0.4) is 0 Å². The molecule has 1 aromatic carbocycles. The van der Waals surface area contributed by atoms with E-state index < -0.39 is 17.8 Å². The minimum atomic E-state index is -0.644. The van der Waals surface area contributed by atoms with Crippen molar-refractivity contribution in [2.45, 2.75) is 12.5 Å². The largest absolute Gasteiger partial charge is 0.473 e. The predicted molar refractivity (Wildman–Crippen MR) is 108 cm³/mol. The third-order valence-electron chi connectivity index (χ3n) is 4.27. The molecule has 0 unspecified atom stereocenters. The summed E-state index contributed by atoms with van der Waals surface area (Å²) >= 11 is 1.81. The first-order valence-electron chi connectivity index (χ1n) is 8.84. The molecule has 8 nitrogen and oxygen atoms in total. The number of methoxy groups -OCH3 is 2. The highest BCUT2D eigenvalue weighted by Gasteiger charge is 2.20. The maximum absolute atomic E-state index is 12.8. The van der Waals surface area contributed by atoms with Crippen LogP contribution in [0.25, 0.3) is 0 Å². The van der Waals surface area contributed by atoms with E-state index in [0.717, 1.165) is 17.9 Å². The zero-order valence-corrected chi connectivity index (χ0v) is 16.8. The van der Waals surface area contributed by atoms with Crippen LogP contribution in [0.4, 0.5) is 5.69 Å². The summed E-state index contributed by atoms with van der Waals surface area (Å²) in [7, 11) is 2.48. The molecule has 3 rings (SSSR count). The van der Waals surface area contributed by atoms with E-state index in [1.807, 2.05) is 11.8 Å². The summed E-state index contributed by atoms with van der Waals surface area (Å²) in [5, 5.41) is 2.65. The van der Waals surface area contributed by atoms with Gasteiger partial charge >= 0.3 is 11.9 Å². The zero-order valence-electron chi connectivity index (χ0n) is 16.0. The number of rotatable bonds is 6. The SMILES string of the molecule is COC(=O)c1ccc(C(=O)OC)c(NC(=O)c2ccnc(O[C@H]3CCSC3)c2)c1. The number of nitrogens with zero attached hydrogens (tertiary/aromatic N) is 1. The number of nitrogens with one attached hydrogen (secondary N) is 1. The topological polar surface area (TPSA) is 104 Å². The van der Waals surface area contributed by atoms with E-state index in [9.17, 15) is 14.4 Å². The molecule has 9 heteroatoms. The molecule has 0 saturated carbocycles. The van der Waals surface area contributed by atoms with Crippen LogP contribution >= 0.6 is 11.8 Å². The average molecular weight is 416 g/mol. The Hall–Kier alpha value is -3.07. The van der Waals surface area contributed by atoms with Crippen LogP contribution in [0.1, 0.15) is 37.5 Å². The fourth-order valence-corrected chi connectivity index (χ4v) is 3.86. The normalized spacial score (nSPS) is 15.4. The third kappa shape index (κ3) is 5.05. The van der Waals surface area contributed by atoms with Crippen LogP contribution < -0.4 is 10.1 Å². The van der Waals surface area contributed by atoms with Gasteiger partial charge in [0.25, 0.3) is 5.91 Å². The van der Waals surface area contributed by atoms with Crippen molar-refractivity contribution in [3.05, 3.63) is 53.2 Å². The molecule has 1 saturated heterocycles. The standard InChI is InChI=1S/C20H20N2O6S/c1-26-19(24)13-3-4-15(20(25)27-2)16(9-13)22-18(23)12-5-7-21-17(10-12)28-14-6-8-29-11-14/h3-5,7,9-10,14H,6,8,11H2,1-2H3,(H,22,23)/t14-/m0/s1.